The molecule has 0 fully saturated rings. The third-order valence-corrected chi connectivity index (χ3v) is 5.41. The van der Waals surface area contributed by atoms with Crippen molar-refractivity contribution in [3.8, 4) is 0 Å². The van der Waals surface area contributed by atoms with E-state index in [1.165, 1.54) is 0 Å². The minimum Gasteiger partial charge on any atom is -0.465 e. The van der Waals surface area contributed by atoms with Crippen LogP contribution < -0.4 is 10.2 Å². The molecule has 1 rings (SSSR count). The minimum absolute atomic E-state index is 0.128. The number of rotatable bonds is 12. The van der Waals surface area contributed by atoms with E-state index in [0.29, 0.717) is 31.5 Å². The second-order valence-corrected chi connectivity index (χ2v) is 10.8. The van der Waals surface area contributed by atoms with Crippen LogP contribution in [0.1, 0.15) is 59.1 Å². The van der Waals surface area contributed by atoms with Gasteiger partial charge in [-0.25, -0.2) is 4.79 Å². The number of carbonyl (C=O) groups is 2. The average Bonchev–Trinajstić information content (AvgIpc) is 2.69. The molecule has 1 amide bonds. The Hall–Kier alpha value is -1.66. The van der Waals surface area contributed by atoms with E-state index in [0.717, 1.165) is 16.8 Å². The van der Waals surface area contributed by atoms with Crippen LogP contribution in [0.3, 0.4) is 0 Å². The zero-order chi connectivity index (χ0) is 25.2. The smallest absolute Gasteiger partial charge is 0.407 e. The predicted octanol–water partition coefficient (Wildman–Crippen LogP) is 5.65. The van der Waals surface area contributed by atoms with Gasteiger partial charge in [-0.05, 0) is 56.9 Å². The van der Waals surface area contributed by atoms with Gasteiger partial charge in [-0.1, -0.05) is 26.8 Å². The zero-order valence-corrected chi connectivity index (χ0v) is 22.6. The highest BCUT2D eigenvalue weighted by atomic mass is 35.5. The maximum Gasteiger partial charge on any atom is 0.407 e. The fraction of sp³-hybridized carbons (Fsp3) is 0.680. The first-order valence-electron chi connectivity index (χ1n) is 11.4. The lowest BCUT2D eigenvalue weighted by Crippen LogP contribution is -2.43. The number of nitrogens with one attached hydrogen (secondary N) is 1. The molecule has 0 bridgehead atoms. The Kier molecular flexibility index (Phi) is 11.8. The number of hydrogen-bond donors (Lipinski definition) is 1. The van der Waals surface area contributed by atoms with E-state index in [1.54, 1.807) is 0 Å². The summed E-state index contributed by atoms with van der Waals surface area (Å²) in [4.78, 5) is 27.1. The number of anilines is 1. The molecular formula is C25H40Cl2N2O4. The van der Waals surface area contributed by atoms with Gasteiger partial charge in [0.05, 0.1) is 13.0 Å². The summed E-state index contributed by atoms with van der Waals surface area (Å²) in [6.45, 7) is 15.3. The lowest BCUT2D eigenvalue weighted by molar-refractivity contribution is -0.146. The first kappa shape index (κ1) is 29.4. The third-order valence-electron chi connectivity index (χ3n) is 5.07. The molecule has 188 valence electrons. The van der Waals surface area contributed by atoms with Crippen LogP contribution in [0.2, 0.25) is 0 Å². The van der Waals surface area contributed by atoms with E-state index in [-0.39, 0.29) is 24.9 Å². The van der Waals surface area contributed by atoms with Crippen LogP contribution in [-0.2, 0) is 19.7 Å². The quantitative estimate of drug-likeness (QED) is 0.295. The lowest BCUT2D eigenvalue weighted by atomic mass is 9.77. The highest BCUT2D eigenvalue weighted by Crippen LogP contribution is 2.33. The van der Waals surface area contributed by atoms with Gasteiger partial charge in [0.25, 0.3) is 0 Å². The summed E-state index contributed by atoms with van der Waals surface area (Å²) in [6, 6.07) is 6.08. The maximum absolute atomic E-state index is 12.7. The molecular weight excluding hydrogens is 463 g/mol. The fourth-order valence-electron chi connectivity index (χ4n) is 3.56. The number of benzene rings is 1. The number of amides is 1. The SMILES string of the molecule is Cc1cc(N(CCCl)CCCl)ccc1C(C)(CNC(=O)OC(C)(C)C)CC(=O)OCC(C)C. The van der Waals surface area contributed by atoms with Gasteiger partial charge in [0.15, 0.2) is 0 Å². The second kappa shape index (κ2) is 13.3. The van der Waals surface area contributed by atoms with E-state index in [9.17, 15) is 9.59 Å². The molecule has 0 saturated heterocycles. The first-order valence-corrected chi connectivity index (χ1v) is 12.5. The summed E-state index contributed by atoms with van der Waals surface area (Å²) in [6.07, 6.45) is -0.392. The van der Waals surface area contributed by atoms with Gasteiger partial charge < -0.3 is 19.7 Å². The molecule has 0 aromatic heterocycles. The van der Waals surface area contributed by atoms with Gasteiger partial charge in [0.1, 0.15) is 5.60 Å². The molecule has 0 radical (unpaired) electrons. The van der Waals surface area contributed by atoms with Crippen molar-refractivity contribution in [2.45, 2.75) is 65.9 Å². The molecule has 0 aliphatic heterocycles. The number of esters is 1. The number of aryl methyl sites for hydroxylation is 1. The fourth-order valence-corrected chi connectivity index (χ4v) is 3.97. The topological polar surface area (TPSA) is 67.9 Å². The number of alkyl halides is 2. The summed E-state index contributed by atoms with van der Waals surface area (Å²) in [5.74, 6) is 0.941. The van der Waals surface area contributed by atoms with E-state index >= 15 is 0 Å². The lowest BCUT2D eigenvalue weighted by Gasteiger charge is -2.33. The number of alkyl carbamates (subject to hydrolysis) is 1. The van der Waals surface area contributed by atoms with Crippen LogP contribution in [0.25, 0.3) is 0 Å². The van der Waals surface area contributed by atoms with Crippen molar-refractivity contribution in [1.29, 1.82) is 0 Å². The van der Waals surface area contributed by atoms with Crippen LogP contribution in [0.5, 0.6) is 0 Å². The molecule has 33 heavy (non-hydrogen) atoms. The Bertz CT molecular complexity index is 774. The molecule has 0 aliphatic rings. The highest BCUT2D eigenvalue weighted by molar-refractivity contribution is 6.18. The molecule has 1 N–H and O–H groups in total. The number of ether oxygens (including phenoxy) is 2. The van der Waals surface area contributed by atoms with E-state index in [1.807, 2.05) is 60.6 Å². The van der Waals surface area contributed by atoms with Crippen LogP contribution >= 0.6 is 23.2 Å². The molecule has 8 heteroatoms. The Labute approximate surface area is 209 Å². The molecule has 1 aromatic carbocycles. The van der Waals surface area contributed by atoms with E-state index in [2.05, 4.69) is 16.3 Å². The molecule has 0 saturated carbocycles. The van der Waals surface area contributed by atoms with Crippen molar-refractivity contribution in [2.24, 2.45) is 5.92 Å². The maximum atomic E-state index is 12.7. The molecule has 0 aliphatic carbocycles. The van der Waals surface area contributed by atoms with Crippen molar-refractivity contribution in [2.75, 3.05) is 42.9 Å². The van der Waals surface area contributed by atoms with Crippen molar-refractivity contribution in [3.63, 3.8) is 0 Å². The van der Waals surface area contributed by atoms with Crippen molar-refractivity contribution >= 4 is 41.0 Å². The Morgan fingerprint density at radius 1 is 1.09 bits per heavy atom. The third kappa shape index (κ3) is 10.4. The van der Waals surface area contributed by atoms with Gasteiger partial charge >= 0.3 is 12.1 Å². The molecule has 0 heterocycles. The van der Waals surface area contributed by atoms with Gasteiger partial charge in [0.2, 0.25) is 0 Å². The number of halogens is 2. The van der Waals surface area contributed by atoms with E-state index < -0.39 is 17.1 Å². The normalized spacial score (nSPS) is 13.4. The van der Waals surface area contributed by atoms with Crippen LogP contribution in [-0.4, -0.2) is 55.7 Å². The van der Waals surface area contributed by atoms with Crippen molar-refractivity contribution in [3.05, 3.63) is 29.3 Å². The van der Waals surface area contributed by atoms with E-state index in [4.69, 9.17) is 32.7 Å². The number of nitrogens with zero attached hydrogens (tertiary/aromatic N) is 1. The summed E-state index contributed by atoms with van der Waals surface area (Å²) in [5, 5.41) is 2.84. The van der Waals surface area contributed by atoms with Crippen LogP contribution in [0.15, 0.2) is 18.2 Å². The Balaban J connectivity index is 3.20. The first-order chi connectivity index (χ1) is 15.3. The Morgan fingerprint density at radius 3 is 2.18 bits per heavy atom. The molecule has 6 nitrogen and oxygen atoms in total. The summed E-state index contributed by atoms with van der Waals surface area (Å²) in [7, 11) is 0. The van der Waals surface area contributed by atoms with Crippen molar-refractivity contribution < 1.29 is 19.1 Å². The predicted molar refractivity (Wildman–Crippen MR) is 137 cm³/mol. The largest absolute Gasteiger partial charge is 0.465 e. The monoisotopic (exact) mass is 502 g/mol. The number of hydrogen-bond acceptors (Lipinski definition) is 5. The molecule has 1 aromatic rings. The zero-order valence-electron chi connectivity index (χ0n) is 21.1. The molecule has 1 unspecified atom stereocenters. The summed E-state index contributed by atoms with van der Waals surface area (Å²) in [5.41, 5.74) is 1.69. The van der Waals surface area contributed by atoms with Gasteiger partial charge in [-0.2, -0.15) is 0 Å². The summed E-state index contributed by atoms with van der Waals surface area (Å²) >= 11 is 11.9. The van der Waals surface area contributed by atoms with Gasteiger partial charge in [-0.3, -0.25) is 4.79 Å². The molecule has 1 atom stereocenters. The number of carbonyl (C=O) groups excluding carboxylic acids is 2. The van der Waals surface area contributed by atoms with Gasteiger partial charge in [0, 0.05) is 42.5 Å². The standard InChI is InChI=1S/C25H40Cl2N2O4/c1-18(2)16-32-22(30)15-25(7,17-28-23(31)33-24(4,5)6)21-9-8-20(14-19(21)3)29(12-10-26)13-11-27/h8-9,14,18H,10-13,15-17H2,1-7H3,(H,28,31). The summed E-state index contributed by atoms with van der Waals surface area (Å²) < 4.78 is 10.8. The Morgan fingerprint density at radius 2 is 1.70 bits per heavy atom. The minimum atomic E-state index is -0.683. The highest BCUT2D eigenvalue weighted by Gasteiger charge is 2.33. The van der Waals surface area contributed by atoms with Crippen LogP contribution in [0, 0.1) is 12.8 Å². The second-order valence-electron chi connectivity index (χ2n) is 10.0. The van der Waals surface area contributed by atoms with Crippen LogP contribution in [0.4, 0.5) is 10.5 Å². The van der Waals surface area contributed by atoms with Gasteiger partial charge in [-0.15, -0.1) is 23.2 Å². The van der Waals surface area contributed by atoms with Crippen molar-refractivity contribution in [1.82, 2.24) is 5.32 Å². The average molecular weight is 504 g/mol. The molecule has 0 spiro atoms.